The second-order valence-electron chi connectivity index (χ2n) is 5.63. The van der Waals surface area contributed by atoms with Crippen molar-refractivity contribution >= 4 is 23.3 Å². The van der Waals surface area contributed by atoms with Gasteiger partial charge in [-0.25, -0.2) is 0 Å². The predicted octanol–water partition coefficient (Wildman–Crippen LogP) is 1.69. The van der Waals surface area contributed by atoms with Crippen molar-refractivity contribution < 1.29 is 9.69 Å². The SMILES string of the molecule is O=C(/C=C/c1ccccc1)N1CC[NH+](Cc2ccsc2)CC1. The molecule has 0 aliphatic carbocycles. The Morgan fingerprint density at radius 2 is 1.95 bits per heavy atom. The van der Waals surface area contributed by atoms with E-state index in [1.807, 2.05) is 41.3 Å². The second kappa shape index (κ2) is 7.38. The molecule has 1 saturated heterocycles. The molecule has 0 atom stereocenters. The fourth-order valence-corrected chi connectivity index (χ4v) is 3.41. The van der Waals surface area contributed by atoms with Gasteiger partial charge < -0.3 is 9.80 Å². The van der Waals surface area contributed by atoms with Gasteiger partial charge in [-0.1, -0.05) is 30.3 Å². The summed E-state index contributed by atoms with van der Waals surface area (Å²) in [4.78, 5) is 15.7. The number of piperazine rings is 1. The Morgan fingerprint density at radius 3 is 2.64 bits per heavy atom. The first-order valence-corrected chi connectivity index (χ1v) is 8.62. The maximum absolute atomic E-state index is 12.2. The van der Waals surface area contributed by atoms with Crippen LogP contribution in [0.3, 0.4) is 0 Å². The van der Waals surface area contributed by atoms with E-state index in [1.165, 1.54) is 5.56 Å². The molecule has 114 valence electrons. The molecular weight excluding hydrogens is 292 g/mol. The number of hydrogen-bond donors (Lipinski definition) is 1. The fraction of sp³-hybridized carbons (Fsp3) is 0.278. The maximum atomic E-state index is 12.2. The van der Waals surface area contributed by atoms with Gasteiger partial charge in [0.05, 0.1) is 26.2 Å². The molecule has 3 nitrogen and oxygen atoms in total. The van der Waals surface area contributed by atoms with Crippen LogP contribution < -0.4 is 4.90 Å². The van der Waals surface area contributed by atoms with Crippen molar-refractivity contribution in [2.75, 3.05) is 26.2 Å². The van der Waals surface area contributed by atoms with Crippen LogP contribution in [0, 0.1) is 0 Å². The zero-order valence-corrected chi connectivity index (χ0v) is 13.4. The lowest BCUT2D eigenvalue weighted by molar-refractivity contribution is -0.917. The molecular formula is C18H21N2OS+. The second-order valence-corrected chi connectivity index (χ2v) is 6.41. The molecule has 1 aliphatic heterocycles. The lowest BCUT2D eigenvalue weighted by atomic mass is 10.2. The smallest absolute Gasteiger partial charge is 0.246 e. The van der Waals surface area contributed by atoms with Gasteiger partial charge in [-0.15, -0.1) is 0 Å². The number of hydrogen-bond acceptors (Lipinski definition) is 2. The fourth-order valence-electron chi connectivity index (χ4n) is 2.74. The van der Waals surface area contributed by atoms with Gasteiger partial charge in [-0.05, 0) is 28.5 Å². The molecule has 1 fully saturated rings. The molecule has 0 saturated carbocycles. The van der Waals surface area contributed by atoms with Crippen LogP contribution in [0.4, 0.5) is 0 Å². The van der Waals surface area contributed by atoms with Crippen LogP contribution in [0.1, 0.15) is 11.1 Å². The molecule has 3 rings (SSSR count). The maximum Gasteiger partial charge on any atom is 0.246 e. The van der Waals surface area contributed by atoms with Gasteiger partial charge in [-0.3, -0.25) is 4.79 Å². The van der Waals surface area contributed by atoms with Crippen LogP contribution >= 0.6 is 11.3 Å². The highest BCUT2D eigenvalue weighted by molar-refractivity contribution is 7.07. The third-order valence-corrected chi connectivity index (χ3v) is 4.77. The molecule has 0 bridgehead atoms. The minimum Gasteiger partial charge on any atom is -0.328 e. The molecule has 0 unspecified atom stereocenters. The number of benzene rings is 1. The Morgan fingerprint density at radius 1 is 1.18 bits per heavy atom. The summed E-state index contributed by atoms with van der Waals surface area (Å²) in [6.45, 7) is 4.82. The van der Waals surface area contributed by atoms with E-state index in [1.54, 1.807) is 22.3 Å². The van der Waals surface area contributed by atoms with E-state index in [-0.39, 0.29) is 5.91 Å². The van der Waals surface area contributed by atoms with Crippen molar-refractivity contribution in [2.24, 2.45) is 0 Å². The zero-order chi connectivity index (χ0) is 15.2. The molecule has 2 aromatic rings. The average molecular weight is 313 g/mol. The summed E-state index contributed by atoms with van der Waals surface area (Å²) < 4.78 is 0. The Hall–Kier alpha value is -1.91. The van der Waals surface area contributed by atoms with Crippen molar-refractivity contribution in [2.45, 2.75) is 6.54 Å². The van der Waals surface area contributed by atoms with Crippen LogP contribution in [0.15, 0.2) is 53.2 Å². The quantitative estimate of drug-likeness (QED) is 0.854. The number of thiophene rings is 1. The number of quaternary nitrogens is 1. The molecule has 1 N–H and O–H groups in total. The Balaban J connectivity index is 1.48. The summed E-state index contributed by atoms with van der Waals surface area (Å²) in [5, 5.41) is 4.34. The first-order valence-electron chi connectivity index (χ1n) is 7.68. The Labute approximate surface area is 135 Å². The molecule has 1 aromatic carbocycles. The van der Waals surface area contributed by atoms with Gasteiger partial charge >= 0.3 is 0 Å². The summed E-state index contributed by atoms with van der Waals surface area (Å²) in [5.41, 5.74) is 2.47. The molecule has 1 amide bonds. The minimum atomic E-state index is 0.124. The van der Waals surface area contributed by atoms with Gasteiger partial charge in [0, 0.05) is 11.6 Å². The van der Waals surface area contributed by atoms with Gasteiger partial charge in [0.2, 0.25) is 5.91 Å². The Bertz CT molecular complexity index is 614. The van der Waals surface area contributed by atoms with Crippen molar-refractivity contribution in [3.63, 3.8) is 0 Å². The summed E-state index contributed by atoms with van der Waals surface area (Å²) in [6, 6.07) is 12.2. The summed E-state index contributed by atoms with van der Waals surface area (Å²) in [5.74, 6) is 0.124. The predicted molar refractivity (Wildman–Crippen MR) is 90.8 cm³/mol. The van der Waals surface area contributed by atoms with E-state index < -0.39 is 0 Å². The van der Waals surface area contributed by atoms with Crippen LogP contribution in [0.2, 0.25) is 0 Å². The van der Waals surface area contributed by atoms with Crippen molar-refractivity contribution in [3.05, 3.63) is 64.4 Å². The zero-order valence-electron chi connectivity index (χ0n) is 12.6. The van der Waals surface area contributed by atoms with E-state index in [4.69, 9.17) is 0 Å². The highest BCUT2D eigenvalue weighted by atomic mass is 32.1. The molecule has 22 heavy (non-hydrogen) atoms. The van der Waals surface area contributed by atoms with Gasteiger partial charge in [-0.2, -0.15) is 11.3 Å². The van der Waals surface area contributed by atoms with Crippen LogP contribution in [-0.4, -0.2) is 37.0 Å². The van der Waals surface area contributed by atoms with Gasteiger partial charge in [0.25, 0.3) is 0 Å². The number of amides is 1. The number of nitrogens with zero attached hydrogens (tertiary/aromatic N) is 1. The van der Waals surface area contributed by atoms with Crippen molar-refractivity contribution in [1.82, 2.24) is 4.90 Å². The van der Waals surface area contributed by atoms with Crippen LogP contribution in [0.5, 0.6) is 0 Å². The summed E-state index contributed by atoms with van der Waals surface area (Å²) in [6.07, 6.45) is 3.59. The monoisotopic (exact) mass is 313 g/mol. The topological polar surface area (TPSA) is 24.8 Å². The lowest BCUT2D eigenvalue weighted by Gasteiger charge is -2.31. The lowest BCUT2D eigenvalue weighted by Crippen LogP contribution is -3.13. The van der Waals surface area contributed by atoms with Crippen LogP contribution in [-0.2, 0) is 11.3 Å². The van der Waals surface area contributed by atoms with E-state index >= 15 is 0 Å². The van der Waals surface area contributed by atoms with E-state index in [0.717, 1.165) is 38.3 Å². The molecule has 4 heteroatoms. The highest BCUT2D eigenvalue weighted by Crippen LogP contribution is 2.05. The normalized spacial score (nSPS) is 16.3. The third-order valence-electron chi connectivity index (χ3n) is 4.03. The number of rotatable bonds is 4. The van der Waals surface area contributed by atoms with Gasteiger partial charge in [0.1, 0.15) is 6.54 Å². The molecule has 1 aromatic heterocycles. The minimum absolute atomic E-state index is 0.124. The van der Waals surface area contributed by atoms with E-state index in [9.17, 15) is 4.79 Å². The van der Waals surface area contributed by atoms with Crippen LogP contribution in [0.25, 0.3) is 6.08 Å². The Kier molecular flexibility index (Phi) is 5.03. The van der Waals surface area contributed by atoms with E-state index in [2.05, 4.69) is 16.8 Å². The molecule has 2 heterocycles. The summed E-state index contributed by atoms with van der Waals surface area (Å²) in [7, 11) is 0. The first-order chi connectivity index (χ1) is 10.8. The standard InChI is InChI=1S/C18H20N2OS/c21-18(7-6-16-4-2-1-3-5-16)20-11-9-19(10-12-20)14-17-8-13-22-15-17/h1-8,13,15H,9-12,14H2/p+1/b7-6+. The molecule has 1 aliphatic rings. The van der Waals surface area contributed by atoms with E-state index in [0.29, 0.717) is 0 Å². The van der Waals surface area contributed by atoms with Crippen molar-refractivity contribution in [1.29, 1.82) is 0 Å². The van der Waals surface area contributed by atoms with Gasteiger partial charge in [0.15, 0.2) is 0 Å². The average Bonchev–Trinajstić information content (AvgIpc) is 3.07. The summed E-state index contributed by atoms with van der Waals surface area (Å²) >= 11 is 1.75. The highest BCUT2D eigenvalue weighted by Gasteiger charge is 2.22. The molecule has 0 spiro atoms. The number of carbonyl (C=O) groups excluding carboxylic acids is 1. The number of carbonyl (C=O) groups is 1. The number of nitrogens with one attached hydrogen (secondary N) is 1. The third kappa shape index (κ3) is 4.06. The van der Waals surface area contributed by atoms with Crippen molar-refractivity contribution in [3.8, 4) is 0 Å². The molecule has 0 radical (unpaired) electrons. The largest absolute Gasteiger partial charge is 0.328 e. The first kappa shape index (κ1) is 15.0.